The van der Waals surface area contributed by atoms with E-state index in [1.807, 2.05) is 61.3 Å². The molecule has 0 unspecified atom stereocenters. The Hall–Kier alpha value is -2.97. The molecular weight excluding hydrogens is 420 g/mol. The average Bonchev–Trinajstić information content (AvgIpc) is 2.97. The molecule has 3 rings (SSSR count). The largest absolute Gasteiger partial charge is 0.497 e. The summed E-state index contributed by atoms with van der Waals surface area (Å²) in [5, 5.41) is 0. The lowest BCUT2D eigenvalue weighted by molar-refractivity contribution is -0.138. The molecule has 1 fully saturated rings. The van der Waals surface area contributed by atoms with Crippen LogP contribution in [0.25, 0.3) is 0 Å². The average molecular weight is 455 g/mol. The van der Waals surface area contributed by atoms with Crippen molar-refractivity contribution in [2.24, 2.45) is 0 Å². The summed E-state index contributed by atoms with van der Waals surface area (Å²) < 4.78 is 11.3. The number of pyridine rings is 1. The quantitative estimate of drug-likeness (QED) is 0.548. The Balaban J connectivity index is 1.72. The molecule has 33 heavy (non-hydrogen) atoms. The number of benzene rings is 1. The lowest BCUT2D eigenvalue weighted by Crippen LogP contribution is -2.40. The fourth-order valence-corrected chi connectivity index (χ4v) is 3.99. The van der Waals surface area contributed by atoms with Gasteiger partial charge in [-0.05, 0) is 43.2 Å². The number of ether oxygens (including phenoxy) is 2. The minimum atomic E-state index is -0.272. The lowest BCUT2D eigenvalue weighted by Gasteiger charge is -2.26. The molecule has 2 aromatic rings. The number of methoxy groups -OCH3 is 1. The first-order valence-electron chi connectivity index (χ1n) is 11.4. The zero-order valence-electron chi connectivity index (χ0n) is 19.8. The minimum Gasteiger partial charge on any atom is -0.497 e. The van der Waals surface area contributed by atoms with Crippen LogP contribution in [0.2, 0.25) is 0 Å². The van der Waals surface area contributed by atoms with Crippen LogP contribution in [0.4, 0.5) is 0 Å². The lowest BCUT2D eigenvalue weighted by atomic mass is 10.2. The Morgan fingerprint density at radius 1 is 1.09 bits per heavy atom. The van der Waals surface area contributed by atoms with E-state index < -0.39 is 0 Å². The highest BCUT2D eigenvalue weighted by Gasteiger charge is 2.29. The fourth-order valence-electron chi connectivity index (χ4n) is 3.99. The third-order valence-corrected chi connectivity index (χ3v) is 5.82. The standard InChI is InChI=1S/C25H34N4O4/c1-4-28(5-2)25(31)19-33-23-16-27(14-21-7-6-12-26-13-21)18-24(30)29(17-23)15-20-8-10-22(32-3)11-9-20/h6-13,23H,4-5,14-19H2,1-3H3/t23-/m1/s1. The summed E-state index contributed by atoms with van der Waals surface area (Å²) >= 11 is 0. The summed E-state index contributed by atoms with van der Waals surface area (Å²) in [7, 11) is 1.63. The van der Waals surface area contributed by atoms with Gasteiger partial charge in [0.2, 0.25) is 11.8 Å². The van der Waals surface area contributed by atoms with Gasteiger partial charge in [0.15, 0.2) is 0 Å². The molecule has 1 aromatic heterocycles. The number of hydrogen-bond donors (Lipinski definition) is 0. The highest BCUT2D eigenvalue weighted by atomic mass is 16.5. The van der Waals surface area contributed by atoms with Crippen LogP contribution in [-0.4, -0.2) is 84.0 Å². The molecule has 1 atom stereocenters. The molecule has 2 heterocycles. The predicted octanol–water partition coefficient (Wildman–Crippen LogP) is 2.19. The van der Waals surface area contributed by atoms with E-state index in [1.165, 1.54) is 0 Å². The van der Waals surface area contributed by atoms with Gasteiger partial charge in [-0.2, -0.15) is 0 Å². The maximum atomic E-state index is 13.1. The van der Waals surface area contributed by atoms with E-state index in [4.69, 9.17) is 9.47 Å². The first-order valence-corrected chi connectivity index (χ1v) is 11.4. The molecule has 8 nitrogen and oxygen atoms in total. The molecule has 0 spiro atoms. The summed E-state index contributed by atoms with van der Waals surface area (Å²) in [6.45, 7) is 7.58. The van der Waals surface area contributed by atoms with Gasteiger partial charge in [0.1, 0.15) is 12.4 Å². The first-order chi connectivity index (χ1) is 16.0. The van der Waals surface area contributed by atoms with Crippen molar-refractivity contribution in [3.8, 4) is 5.75 Å². The van der Waals surface area contributed by atoms with E-state index in [-0.39, 0.29) is 31.1 Å². The van der Waals surface area contributed by atoms with Gasteiger partial charge in [0.05, 0.1) is 19.8 Å². The third kappa shape index (κ3) is 7.27. The van der Waals surface area contributed by atoms with Crippen LogP contribution in [-0.2, 0) is 27.4 Å². The normalized spacial score (nSPS) is 17.0. The molecule has 0 N–H and O–H groups in total. The summed E-state index contributed by atoms with van der Waals surface area (Å²) in [6, 6.07) is 11.6. The van der Waals surface area contributed by atoms with Crippen molar-refractivity contribution in [3.05, 3.63) is 59.9 Å². The van der Waals surface area contributed by atoms with Crippen LogP contribution in [0, 0.1) is 0 Å². The second-order valence-electron chi connectivity index (χ2n) is 8.15. The van der Waals surface area contributed by atoms with Gasteiger partial charge in [-0.3, -0.25) is 19.5 Å². The molecule has 0 bridgehead atoms. The SMILES string of the molecule is CCN(CC)C(=O)CO[C@@H]1CN(Cc2cccnc2)CC(=O)N(Cc2ccc(OC)cc2)C1. The third-order valence-electron chi connectivity index (χ3n) is 5.82. The zero-order valence-corrected chi connectivity index (χ0v) is 19.8. The second-order valence-corrected chi connectivity index (χ2v) is 8.15. The van der Waals surface area contributed by atoms with E-state index in [0.29, 0.717) is 39.3 Å². The van der Waals surface area contributed by atoms with Gasteiger partial charge in [-0.15, -0.1) is 0 Å². The molecule has 1 aliphatic rings. The van der Waals surface area contributed by atoms with Crippen molar-refractivity contribution in [1.29, 1.82) is 0 Å². The molecule has 1 saturated heterocycles. The number of rotatable bonds is 10. The maximum Gasteiger partial charge on any atom is 0.248 e. The highest BCUT2D eigenvalue weighted by molar-refractivity contribution is 5.79. The van der Waals surface area contributed by atoms with Gasteiger partial charge in [0.25, 0.3) is 0 Å². The molecule has 0 aliphatic carbocycles. The van der Waals surface area contributed by atoms with Crippen LogP contribution in [0.5, 0.6) is 5.75 Å². The van der Waals surface area contributed by atoms with Crippen LogP contribution >= 0.6 is 0 Å². The number of hydrogen-bond acceptors (Lipinski definition) is 6. The van der Waals surface area contributed by atoms with Crippen molar-refractivity contribution < 1.29 is 19.1 Å². The van der Waals surface area contributed by atoms with Crippen molar-refractivity contribution in [3.63, 3.8) is 0 Å². The molecule has 1 aliphatic heterocycles. The Bertz CT molecular complexity index is 887. The topological polar surface area (TPSA) is 75.2 Å². The number of likely N-dealkylation sites (N-methyl/N-ethyl adjacent to an activating group) is 1. The van der Waals surface area contributed by atoms with Crippen molar-refractivity contribution in [1.82, 2.24) is 19.7 Å². The van der Waals surface area contributed by atoms with Gasteiger partial charge in [-0.1, -0.05) is 18.2 Å². The smallest absolute Gasteiger partial charge is 0.248 e. The molecule has 0 radical (unpaired) electrons. The summed E-state index contributed by atoms with van der Waals surface area (Å²) in [5.41, 5.74) is 2.05. The summed E-state index contributed by atoms with van der Waals surface area (Å²) in [6.07, 6.45) is 3.27. The molecule has 2 amide bonds. The minimum absolute atomic E-state index is 0.0116. The molecule has 8 heteroatoms. The molecule has 1 aromatic carbocycles. The Kier molecular flexibility index (Phi) is 9.21. The molecular formula is C25H34N4O4. The number of nitrogens with zero attached hydrogens (tertiary/aromatic N) is 4. The summed E-state index contributed by atoms with van der Waals surface area (Å²) in [4.78, 5) is 35.5. The van der Waals surface area contributed by atoms with E-state index in [9.17, 15) is 9.59 Å². The first kappa shape index (κ1) is 24.7. The van der Waals surface area contributed by atoms with Crippen LogP contribution in [0.1, 0.15) is 25.0 Å². The van der Waals surface area contributed by atoms with E-state index >= 15 is 0 Å². The van der Waals surface area contributed by atoms with Crippen molar-refractivity contribution >= 4 is 11.8 Å². The number of aromatic nitrogens is 1. The molecule has 0 saturated carbocycles. The zero-order chi connectivity index (χ0) is 23.6. The second kappa shape index (κ2) is 12.3. The van der Waals surface area contributed by atoms with Crippen LogP contribution in [0.15, 0.2) is 48.8 Å². The van der Waals surface area contributed by atoms with Gasteiger partial charge >= 0.3 is 0 Å². The van der Waals surface area contributed by atoms with Crippen molar-refractivity contribution in [2.45, 2.75) is 33.0 Å². The van der Waals surface area contributed by atoms with Gasteiger partial charge in [0, 0.05) is 51.7 Å². The Morgan fingerprint density at radius 2 is 1.85 bits per heavy atom. The van der Waals surface area contributed by atoms with Crippen molar-refractivity contribution in [2.75, 3.05) is 46.4 Å². The van der Waals surface area contributed by atoms with E-state index in [2.05, 4.69) is 9.88 Å². The fraction of sp³-hybridized carbons (Fsp3) is 0.480. The molecule has 178 valence electrons. The van der Waals surface area contributed by atoms with Gasteiger partial charge < -0.3 is 19.3 Å². The summed E-state index contributed by atoms with van der Waals surface area (Å²) in [5.74, 6) is 0.784. The number of carbonyl (C=O) groups is 2. The predicted molar refractivity (Wildman–Crippen MR) is 126 cm³/mol. The van der Waals surface area contributed by atoms with Crippen LogP contribution < -0.4 is 4.74 Å². The number of carbonyl (C=O) groups excluding carboxylic acids is 2. The van der Waals surface area contributed by atoms with E-state index in [1.54, 1.807) is 18.2 Å². The van der Waals surface area contributed by atoms with E-state index in [0.717, 1.165) is 16.9 Å². The number of amides is 2. The maximum absolute atomic E-state index is 13.1. The Labute approximate surface area is 196 Å². The van der Waals surface area contributed by atoms with Crippen LogP contribution in [0.3, 0.4) is 0 Å². The highest BCUT2D eigenvalue weighted by Crippen LogP contribution is 2.17. The monoisotopic (exact) mass is 454 g/mol. The Morgan fingerprint density at radius 3 is 2.48 bits per heavy atom. The van der Waals surface area contributed by atoms with Gasteiger partial charge in [-0.25, -0.2) is 0 Å².